The van der Waals surface area contributed by atoms with Gasteiger partial charge in [0.2, 0.25) is 5.91 Å². The van der Waals surface area contributed by atoms with E-state index in [4.69, 9.17) is 11.6 Å². The van der Waals surface area contributed by atoms with Crippen molar-refractivity contribution in [2.75, 3.05) is 38.6 Å². The van der Waals surface area contributed by atoms with Crippen molar-refractivity contribution in [3.8, 4) is 0 Å². The summed E-state index contributed by atoms with van der Waals surface area (Å²) in [5, 5.41) is 3.94. The van der Waals surface area contributed by atoms with Crippen LogP contribution < -0.4 is 10.2 Å². The number of likely N-dealkylation sites (N-methyl/N-ethyl adjacent to an activating group) is 1. The monoisotopic (exact) mass is 267 g/mol. The highest BCUT2D eigenvalue weighted by molar-refractivity contribution is 6.30. The smallest absolute Gasteiger partial charge is 0.245 e. The largest absolute Gasteiger partial charge is 0.310 e. The molecule has 4 nitrogen and oxygen atoms in total. The first-order valence-corrected chi connectivity index (χ1v) is 6.41. The topological polar surface area (TPSA) is 35.6 Å². The molecule has 1 aromatic carbocycles. The van der Waals surface area contributed by atoms with Crippen LogP contribution >= 0.6 is 11.6 Å². The summed E-state index contributed by atoms with van der Waals surface area (Å²) < 4.78 is 0. The van der Waals surface area contributed by atoms with Crippen LogP contribution in [0.2, 0.25) is 5.02 Å². The molecule has 0 aromatic heterocycles. The van der Waals surface area contributed by atoms with Crippen LogP contribution in [0.25, 0.3) is 0 Å². The molecule has 0 spiro atoms. The molecule has 98 valence electrons. The van der Waals surface area contributed by atoms with E-state index in [1.165, 1.54) is 0 Å². The highest BCUT2D eigenvalue weighted by atomic mass is 35.5. The van der Waals surface area contributed by atoms with E-state index in [2.05, 4.69) is 5.32 Å². The molecule has 0 bridgehead atoms. The lowest BCUT2D eigenvalue weighted by atomic mass is 10.1. The maximum absolute atomic E-state index is 12.4. The fourth-order valence-corrected chi connectivity index (χ4v) is 2.25. The average Bonchev–Trinajstić information content (AvgIpc) is 2.33. The number of amides is 1. The van der Waals surface area contributed by atoms with Gasteiger partial charge < -0.3 is 15.1 Å². The molecule has 1 N–H and O–H groups in total. The first kappa shape index (κ1) is 13.3. The zero-order valence-corrected chi connectivity index (χ0v) is 11.4. The number of hydrogen-bond donors (Lipinski definition) is 1. The van der Waals surface area contributed by atoms with E-state index in [0.29, 0.717) is 18.1 Å². The third kappa shape index (κ3) is 3.02. The predicted molar refractivity (Wildman–Crippen MR) is 74.1 cm³/mol. The molecule has 0 aliphatic carbocycles. The third-order valence-electron chi connectivity index (χ3n) is 2.98. The Morgan fingerprint density at radius 1 is 1.39 bits per heavy atom. The number of carbonyl (C=O) groups is 1. The molecule has 1 amide bonds. The van der Waals surface area contributed by atoms with Gasteiger partial charge in [0.05, 0.1) is 0 Å². The minimum absolute atomic E-state index is 0.122. The predicted octanol–water partition coefficient (Wildman–Crippen LogP) is 1.21. The SMILES string of the molecule is CN(C)CC1NCCN(c2ccc(Cl)cc2)C1=O. The van der Waals surface area contributed by atoms with Gasteiger partial charge in [0.1, 0.15) is 6.04 Å². The number of hydrogen-bond acceptors (Lipinski definition) is 3. The number of carbonyl (C=O) groups excluding carboxylic acids is 1. The van der Waals surface area contributed by atoms with Gasteiger partial charge in [0, 0.05) is 30.3 Å². The van der Waals surface area contributed by atoms with E-state index in [1.807, 2.05) is 48.2 Å². The number of nitrogens with one attached hydrogen (secondary N) is 1. The van der Waals surface area contributed by atoms with E-state index in [0.717, 1.165) is 12.2 Å². The van der Waals surface area contributed by atoms with Gasteiger partial charge in [-0.25, -0.2) is 0 Å². The Kier molecular flexibility index (Phi) is 4.22. The van der Waals surface area contributed by atoms with Crippen molar-refractivity contribution in [3.63, 3.8) is 0 Å². The molecule has 1 aliphatic heterocycles. The molecule has 1 aliphatic rings. The zero-order valence-electron chi connectivity index (χ0n) is 10.7. The summed E-state index contributed by atoms with van der Waals surface area (Å²) in [5.74, 6) is 0.122. The van der Waals surface area contributed by atoms with E-state index in [-0.39, 0.29) is 11.9 Å². The molecule has 1 fully saturated rings. The lowest BCUT2D eigenvalue weighted by Crippen LogP contribution is -2.58. The van der Waals surface area contributed by atoms with Crippen LogP contribution in [-0.2, 0) is 4.79 Å². The van der Waals surface area contributed by atoms with E-state index >= 15 is 0 Å². The number of nitrogens with zero attached hydrogens (tertiary/aromatic N) is 2. The van der Waals surface area contributed by atoms with Crippen LogP contribution in [0.3, 0.4) is 0 Å². The molecule has 1 aromatic rings. The molecule has 5 heteroatoms. The number of benzene rings is 1. The third-order valence-corrected chi connectivity index (χ3v) is 3.23. The van der Waals surface area contributed by atoms with E-state index in [1.54, 1.807) is 0 Å². The molecule has 0 radical (unpaired) electrons. The lowest BCUT2D eigenvalue weighted by molar-refractivity contribution is -0.121. The van der Waals surface area contributed by atoms with Crippen molar-refractivity contribution in [2.45, 2.75) is 6.04 Å². The second-order valence-corrected chi connectivity index (χ2v) is 5.17. The first-order valence-electron chi connectivity index (χ1n) is 6.03. The Balaban J connectivity index is 2.13. The van der Waals surface area contributed by atoms with Crippen molar-refractivity contribution in [1.82, 2.24) is 10.2 Å². The average molecular weight is 268 g/mol. The van der Waals surface area contributed by atoms with Gasteiger partial charge >= 0.3 is 0 Å². The van der Waals surface area contributed by atoms with Crippen LogP contribution in [0.4, 0.5) is 5.69 Å². The number of piperazine rings is 1. The lowest BCUT2D eigenvalue weighted by Gasteiger charge is -2.34. The van der Waals surface area contributed by atoms with E-state index in [9.17, 15) is 4.79 Å². The van der Waals surface area contributed by atoms with Crippen LogP contribution in [0.1, 0.15) is 0 Å². The Morgan fingerprint density at radius 3 is 2.67 bits per heavy atom. The quantitative estimate of drug-likeness (QED) is 0.894. The maximum atomic E-state index is 12.4. The number of rotatable bonds is 3. The van der Waals surface area contributed by atoms with Crippen LogP contribution in [0.5, 0.6) is 0 Å². The Morgan fingerprint density at radius 2 is 2.06 bits per heavy atom. The van der Waals surface area contributed by atoms with Crippen LogP contribution in [0.15, 0.2) is 24.3 Å². The van der Waals surface area contributed by atoms with Gasteiger partial charge in [-0.05, 0) is 38.4 Å². The highest BCUT2D eigenvalue weighted by Crippen LogP contribution is 2.20. The summed E-state index contributed by atoms with van der Waals surface area (Å²) in [4.78, 5) is 16.2. The normalized spacial score (nSPS) is 20.6. The summed E-state index contributed by atoms with van der Waals surface area (Å²) in [6.45, 7) is 2.22. The summed E-state index contributed by atoms with van der Waals surface area (Å²) in [6.07, 6.45) is 0. The Hall–Kier alpha value is -1.10. The maximum Gasteiger partial charge on any atom is 0.245 e. The summed E-state index contributed by atoms with van der Waals surface area (Å²) in [5.41, 5.74) is 0.912. The standard InChI is InChI=1S/C13H18ClN3O/c1-16(2)9-12-13(18)17(8-7-15-12)11-5-3-10(14)4-6-11/h3-6,12,15H,7-9H2,1-2H3. The van der Waals surface area contributed by atoms with Crippen molar-refractivity contribution >= 4 is 23.2 Å². The fraction of sp³-hybridized carbons (Fsp3) is 0.462. The number of anilines is 1. The molecular formula is C13H18ClN3O. The molecule has 1 saturated heterocycles. The minimum Gasteiger partial charge on any atom is -0.310 e. The number of halogens is 1. The Labute approximate surface area is 113 Å². The van der Waals surface area contributed by atoms with Crippen molar-refractivity contribution in [3.05, 3.63) is 29.3 Å². The summed E-state index contributed by atoms with van der Waals surface area (Å²) >= 11 is 5.86. The fourth-order valence-electron chi connectivity index (χ4n) is 2.12. The van der Waals surface area contributed by atoms with Crippen LogP contribution in [-0.4, -0.2) is 50.6 Å². The van der Waals surface area contributed by atoms with Crippen molar-refractivity contribution < 1.29 is 4.79 Å². The van der Waals surface area contributed by atoms with Gasteiger partial charge in [-0.15, -0.1) is 0 Å². The molecule has 18 heavy (non-hydrogen) atoms. The molecule has 1 heterocycles. The molecular weight excluding hydrogens is 250 g/mol. The molecule has 2 rings (SSSR count). The summed E-state index contributed by atoms with van der Waals surface area (Å²) in [7, 11) is 3.94. The van der Waals surface area contributed by atoms with Crippen molar-refractivity contribution in [1.29, 1.82) is 0 Å². The first-order chi connectivity index (χ1) is 8.58. The molecule has 1 unspecified atom stereocenters. The van der Waals surface area contributed by atoms with Gasteiger partial charge in [-0.2, -0.15) is 0 Å². The minimum atomic E-state index is -0.135. The van der Waals surface area contributed by atoms with Gasteiger partial charge in [-0.1, -0.05) is 11.6 Å². The van der Waals surface area contributed by atoms with Gasteiger partial charge in [0.25, 0.3) is 0 Å². The van der Waals surface area contributed by atoms with Crippen LogP contribution in [0, 0.1) is 0 Å². The summed E-state index contributed by atoms with van der Waals surface area (Å²) in [6, 6.07) is 7.26. The van der Waals surface area contributed by atoms with Gasteiger partial charge in [0.15, 0.2) is 0 Å². The second kappa shape index (κ2) is 5.69. The molecule has 0 saturated carbocycles. The van der Waals surface area contributed by atoms with E-state index < -0.39 is 0 Å². The molecule has 1 atom stereocenters. The highest BCUT2D eigenvalue weighted by Gasteiger charge is 2.29. The zero-order chi connectivity index (χ0) is 13.1. The Bertz CT molecular complexity index is 419. The van der Waals surface area contributed by atoms with Gasteiger partial charge in [-0.3, -0.25) is 4.79 Å². The second-order valence-electron chi connectivity index (χ2n) is 4.74. The van der Waals surface area contributed by atoms with Crippen molar-refractivity contribution in [2.24, 2.45) is 0 Å².